The molecule has 0 bridgehead atoms. The summed E-state index contributed by atoms with van der Waals surface area (Å²) in [6.45, 7) is 2.18. The molecule has 0 atom stereocenters. The summed E-state index contributed by atoms with van der Waals surface area (Å²) in [5.41, 5.74) is 1.81. The SMILES string of the molecule is O=C(CSc1ccc(Br)cc1)Nc1cc(Br)c2c(c1)CNCCO2. The molecule has 2 N–H and O–H groups in total. The average molecular weight is 472 g/mol. The van der Waals surface area contributed by atoms with Crippen molar-refractivity contribution in [3.8, 4) is 5.75 Å². The van der Waals surface area contributed by atoms with Gasteiger partial charge in [0.25, 0.3) is 0 Å². The Hall–Kier alpha value is -1.02. The van der Waals surface area contributed by atoms with Crippen molar-refractivity contribution in [2.45, 2.75) is 11.4 Å². The topological polar surface area (TPSA) is 50.4 Å². The van der Waals surface area contributed by atoms with Crippen molar-refractivity contribution < 1.29 is 9.53 Å². The number of anilines is 1. The van der Waals surface area contributed by atoms with E-state index in [1.54, 1.807) is 0 Å². The highest BCUT2D eigenvalue weighted by Gasteiger charge is 2.14. The first kappa shape index (κ1) is 17.8. The molecule has 4 nitrogen and oxygen atoms in total. The van der Waals surface area contributed by atoms with E-state index < -0.39 is 0 Å². The van der Waals surface area contributed by atoms with Crippen LogP contribution in [-0.4, -0.2) is 24.8 Å². The number of amides is 1. The Morgan fingerprint density at radius 1 is 1.25 bits per heavy atom. The maximum Gasteiger partial charge on any atom is 0.234 e. The van der Waals surface area contributed by atoms with E-state index in [1.807, 2.05) is 36.4 Å². The van der Waals surface area contributed by atoms with E-state index in [9.17, 15) is 4.79 Å². The molecule has 1 amide bonds. The molecule has 0 aliphatic carbocycles. The minimum absolute atomic E-state index is 0.0303. The fourth-order valence-corrected chi connectivity index (χ4v) is 3.92. The third-order valence-electron chi connectivity index (χ3n) is 3.43. The zero-order valence-electron chi connectivity index (χ0n) is 12.8. The highest BCUT2D eigenvalue weighted by molar-refractivity contribution is 9.10. The average Bonchev–Trinajstić information content (AvgIpc) is 2.80. The van der Waals surface area contributed by atoms with E-state index in [4.69, 9.17) is 4.74 Å². The van der Waals surface area contributed by atoms with Crippen molar-refractivity contribution in [3.05, 3.63) is 50.9 Å². The molecule has 7 heteroatoms. The zero-order valence-corrected chi connectivity index (χ0v) is 16.8. The number of fused-ring (bicyclic) bond motifs is 1. The van der Waals surface area contributed by atoms with Crippen LogP contribution in [-0.2, 0) is 11.3 Å². The molecule has 0 saturated heterocycles. The van der Waals surface area contributed by atoms with Gasteiger partial charge in [0, 0.05) is 33.7 Å². The van der Waals surface area contributed by atoms with Crippen molar-refractivity contribution in [2.24, 2.45) is 0 Å². The van der Waals surface area contributed by atoms with Crippen molar-refractivity contribution in [3.63, 3.8) is 0 Å². The van der Waals surface area contributed by atoms with Crippen LogP contribution in [0.4, 0.5) is 5.69 Å². The first-order chi connectivity index (χ1) is 11.6. The van der Waals surface area contributed by atoms with Gasteiger partial charge in [-0.2, -0.15) is 0 Å². The highest BCUT2D eigenvalue weighted by Crippen LogP contribution is 2.33. The summed E-state index contributed by atoms with van der Waals surface area (Å²) in [5, 5.41) is 6.25. The van der Waals surface area contributed by atoms with Gasteiger partial charge in [-0.05, 0) is 52.3 Å². The molecule has 0 fully saturated rings. The van der Waals surface area contributed by atoms with Crippen LogP contribution in [0.2, 0.25) is 0 Å². The van der Waals surface area contributed by atoms with Crippen LogP contribution in [0.25, 0.3) is 0 Å². The number of hydrogen-bond acceptors (Lipinski definition) is 4. The predicted molar refractivity (Wildman–Crippen MR) is 105 cm³/mol. The van der Waals surface area contributed by atoms with Crippen molar-refractivity contribution >= 4 is 55.2 Å². The fraction of sp³-hybridized carbons (Fsp3) is 0.235. The fourth-order valence-electron chi connectivity index (χ4n) is 2.34. The summed E-state index contributed by atoms with van der Waals surface area (Å²) in [7, 11) is 0. The number of rotatable bonds is 4. The lowest BCUT2D eigenvalue weighted by molar-refractivity contribution is -0.113. The Bertz CT molecular complexity index is 738. The summed E-state index contributed by atoms with van der Waals surface area (Å²) in [4.78, 5) is 13.3. The Morgan fingerprint density at radius 3 is 2.83 bits per heavy atom. The highest BCUT2D eigenvalue weighted by atomic mass is 79.9. The second-order valence-corrected chi connectivity index (χ2v) is 8.08. The molecule has 1 heterocycles. The van der Waals surface area contributed by atoms with E-state index in [1.165, 1.54) is 11.8 Å². The molecule has 126 valence electrons. The Labute approximate surface area is 162 Å². The molecule has 3 rings (SSSR count). The van der Waals surface area contributed by atoms with E-state index in [0.717, 1.165) is 43.9 Å². The number of benzene rings is 2. The molecule has 2 aromatic carbocycles. The maximum absolute atomic E-state index is 12.2. The Kier molecular flexibility index (Phi) is 6.21. The lowest BCUT2D eigenvalue weighted by atomic mass is 10.1. The molecule has 24 heavy (non-hydrogen) atoms. The summed E-state index contributed by atoms with van der Waals surface area (Å²) in [6, 6.07) is 11.8. The monoisotopic (exact) mass is 470 g/mol. The lowest BCUT2D eigenvalue weighted by Crippen LogP contribution is -2.16. The van der Waals surface area contributed by atoms with E-state index in [0.29, 0.717) is 12.4 Å². The molecule has 1 aliphatic heterocycles. The summed E-state index contributed by atoms with van der Waals surface area (Å²) in [6.07, 6.45) is 0. The molecule has 0 spiro atoms. The van der Waals surface area contributed by atoms with Gasteiger partial charge in [-0.3, -0.25) is 4.79 Å². The van der Waals surface area contributed by atoms with Gasteiger partial charge in [-0.1, -0.05) is 15.9 Å². The number of thioether (sulfide) groups is 1. The minimum Gasteiger partial charge on any atom is -0.491 e. The standard InChI is InChI=1S/C17H16Br2N2O2S/c18-12-1-3-14(4-2-12)24-10-16(22)21-13-7-11-9-20-5-6-23-17(11)15(19)8-13/h1-4,7-8,20H,5-6,9-10H2,(H,21,22). The maximum atomic E-state index is 12.2. The molecule has 0 radical (unpaired) electrons. The number of nitrogens with one attached hydrogen (secondary N) is 2. The van der Waals surface area contributed by atoms with Crippen LogP contribution in [0, 0.1) is 0 Å². The van der Waals surface area contributed by atoms with E-state index in [2.05, 4.69) is 42.5 Å². The molecule has 0 aromatic heterocycles. The van der Waals surface area contributed by atoms with Crippen molar-refractivity contribution in [1.82, 2.24) is 5.32 Å². The molecule has 0 unspecified atom stereocenters. The first-order valence-electron chi connectivity index (χ1n) is 7.46. The van der Waals surface area contributed by atoms with Gasteiger partial charge in [0.2, 0.25) is 5.91 Å². The molecule has 1 aliphatic rings. The van der Waals surface area contributed by atoms with Gasteiger partial charge in [-0.25, -0.2) is 0 Å². The third-order valence-corrected chi connectivity index (χ3v) is 5.56. The smallest absolute Gasteiger partial charge is 0.234 e. The normalized spacial score (nSPS) is 13.6. The number of halogens is 2. The number of carbonyl (C=O) groups excluding carboxylic acids is 1. The number of ether oxygens (including phenoxy) is 1. The molecular weight excluding hydrogens is 456 g/mol. The quantitative estimate of drug-likeness (QED) is 0.648. The summed E-state index contributed by atoms with van der Waals surface area (Å²) < 4.78 is 7.61. The molecular formula is C17H16Br2N2O2S. The Morgan fingerprint density at radius 2 is 2.04 bits per heavy atom. The van der Waals surface area contributed by atoms with Gasteiger partial charge in [0.05, 0.1) is 10.2 Å². The third kappa shape index (κ3) is 4.75. The van der Waals surface area contributed by atoms with Crippen LogP contribution < -0.4 is 15.4 Å². The largest absolute Gasteiger partial charge is 0.491 e. The van der Waals surface area contributed by atoms with Crippen LogP contribution in [0.5, 0.6) is 5.75 Å². The second-order valence-electron chi connectivity index (χ2n) is 5.26. The van der Waals surface area contributed by atoms with Crippen LogP contribution in [0.1, 0.15) is 5.56 Å². The van der Waals surface area contributed by atoms with Gasteiger partial charge in [-0.15, -0.1) is 11.8 Å². The van der Waals surface area contributed by atoms with Crippen LogP contribution in [0.3, 0.4) is 0 Å². The van der Waals surface area contributed by atoms with E-state index in [-0.39, 0.29) is 5.91 Å². The van der Waals surface area contributed by atoms with Crippen LogP contribution in [0.15, 0.2) is 50.2 Å². The Balaban J connectivity index is 1.63. The molecule has 2 aromatic rings. The predicted octanol–water partition coefficient (Wildman–Crippen LogP) is 4.42. The van der Waals surface area contributed by atoms with Gasteiger partial charge >= 0.3 is 0 Å². The van der Waals surface area contributed by atoms with Crippen molar-refractivity contribution in [2.75, 3.05) is 24.2 Å². The zero-order chi connectivity index (χ0) is 16.9. The number of hydrogen-bond donors (Lipinski definition) is 2. The summed E-state index contributed by atoms with van der Waals surface area (Å²) >= 11 is 8.44. The number of carbonyl (C=O) groups is 1. The van der Waals surface area contributed by atoms with Crippen LogP contribution >= 0.6 is 43.6 Å². The first-order valence-corrected chi connectivity index (χ1v) is 10.0. The van der Waals surface area contributed by atoms with Gasteiger partial charge < -0.3 is 15.4 Å². The minimum atomic E-state index is -0.0303. The molecule has 0 saturated carbocycles. The summed E-state index contributed by atoms with van der Waals surface area (Å²) in [5.74, 6) is 1.19. The van der Waals surface area contributed by atoms with E-state index >= 15 is 0 Å². The second kappa shape index (κ2) is 8.38. The van der Waals surface area contributed by atoms with Gasteiger partial charge in [0.15, 0.2) is 0 Å². The van der Waals surface area contributed by atoms with Gasteiger partial charge in [0.1, 0.15) is 12.4 Å². The lowest BCUT2D eigenvalue weighted by Gasteiger charge is -2.12. The van der Waals surface area contributed by atoms with Crippen molar-refractivity contribution in [1.29, 1.82) is 0 Å².